The number of amides is 2. The number of sulfone groups is 1. The summed E-state index contributed by atoms with van der Waals surface area (Å²) >= 11 is 3.23. The van der Waals surface area contributed by atoms with Gasteiger partial charge >= 0.3 is 6.09 Å². The van der Waals surface area contributed by atoms with Crippen LogP contribution >= 0.6 is 15.9 Å². The highest BCUT2D eigenvalue weighted by Crippen LogP contribution is 2.29. The Labute approximate surface area is 147 Å². The lowest BCUT2D eigenvalue weighted by molar-refractivity contribution is -0.132. The van der Waals surface area contributed by atoms with Gasteiger partial charge in [0.25, 0.3) is 5.91 Å². The van der Waals surface area contributed by atoms with Gasteiger partial charge in [-0.25, -0.2) is 23.7 Å². The molecule has 2 amide bonds. The van der Waals surface area contributed by atoms with Gasteiger partial charge in [0.15, 0.2) is 14.6 Å². The Hall–Kier alpha value is -1.72. The van der Waals surface area contributed by atoms with Crippen LogP contribution in [0.5, 0.6) is 0 Å². The van der Waals surface area contributed by atoms with Crippen molar-refractivity contribution in [3.8, 4) is 0 Å². The van der Waals surface area contributed by atoms with Crippen LogP contribution in [0, 0.1) is 0 Å². The van der Waals surface area contributed by atoms with Gasteiger partial charge in [0, 0.05) is 23.3 Å². The number of carbonyl (C=O) groups excluding carboxylic acids is 2. The van der Waals surface area contributed by atoms with Gasteiger partial charge in [-0.15, -0.1) is 0 Å². The normalized spacial score (nSPS) is 20.4. The van der Waals surface area contributed by atoms with E-state index in [2.05, 4.69) is 20.9 Å². The molecule has 0 saturated carbocycles. The van der Waals surface area contributed by atoms with Crippen LogP contribution in [0.2, 0.25) is 0 Å². The van der Waals surface area contributed by atoms with Gasteiger partial charge in [-0.05, 0) is 35.0 Å². The van der Waals surface area contributed by atoms with Crippen molar-refractivity contribution in [1.82, 2.24) is 10.5 Å². The number of anilines is 1. The maximum absolute atomic E-state index is 12.0. The molecular weight excluding hydrogens is 406 g/mol. The third-order valence-corrected chi connectivity index (χ3v) is 6.34. The molecule has 2 atom stereocenters. The summed E-state index contributed by atoms with van der Waals surface area (Å²) in [4.78, 5) is 29.2. The van der Waals surface area contributed by atoms with Crippen LogP contribution < -0.4 is 10.4 Å². The maximum atomic E-state index is 12.0. The Morgan fingerprint density at radius 3 is 2.75 bits per heavy atom. The van der Waals surface area contributed by atoms with Crippen LogP contribution in [-0.2, 0) is 19.4 Å². The predicted molar refractivity (Wildman–Crippen MR) is 87.3 cm³/mol. The van der Waals surface area contributed by atoms with Crippen LogP contribution in [0.4, 0.5) is 10.6 Å². The van der Waals surface area contributed by atoms with Crippen molar-refractivity contribution in [2.45, 2.75) is 24.2 Å². The quantitative estimate of drug-likeness (QED) is 0.533. The van der Waals surface area contributed by atoms with Crippen molar-refractivity contribution in [2.75, 3.05) is 17.7 Å². The van der Waals surface area contributed by atoms with E-state index in [0.29, 0.717) is 5.82 Å². The first kappa shape index (κ1) is 18.6. The Morgan fingerprint density at radius 1 is 1.58 bits per heavy atom. The van der Waals surface area contributed by atoms with E-state index in [1.807, 2.05) is 0 Å². The molecule has 1 aromatic rings. The van der Waals surface area contributed by atoms with E-state index in [4.69, 9.17) is 9.94 Å². The summed E-state index contributed by atoms with van der Waals surface area (Å²) in [5, 5.41) is 8.82. The number of nitrogens with zero attached hydrogens (tertiary/aromatic N) is 2. The number of cyclic esters (lactones) is 1. The third kappa shape index (κ3) is 3.52. The second kappa shape index (κ2) is 6.65. The van der Waals surface area contributed by atoms with Gasteiger partial charge in [0.2, 0.25) is 0 Å². The summed E-state index contributed by atoms with van der Waals surface area (Å²) in [6.45, 7) is 1.21. The molecule has 2 heterocycles. The van der Waals surface area contributed by atoms with Gasteiger partial charge in [0.05, 0.1) is 6.54 Å². The summed E-state index contributed by atoms with van der Waals surface area (Å²) in [6.07, 6.45) is 0.565. The average molecular weight is 422 g/mol. The summed E-state index contributed by atoms with van der Waals surface area (Å²) < 4.78 is 27.9. The Bertz CT molecular complexity index is 753. The minimum Gasteiger partial charge on any atom is -0.444 e. The highest BCUT2D eigenvalue weighted by molar-refractivity contribution is 9.10. The third-order valence-electron chi connectivity index (χ3n) is 3.88. The van der Waals surface area contributed by atoms with Crippen LogP contribution in [0.15, 0.2) is 22.8 Å². The fourth-order valence-corrected chi connectivity index (χ4v) is 3.41. The lowest BCUT2D eigenvalue weighted by atomic mass is 10.0. The lowest BCUT2D eigenvalue weighted by Crippen LogP contribution is -2.51. The number of hydrogen-bond acceptors (Lipinski definition) is 7. The first-order valence-electron chi connectivity index (χ1n) is 6.82. The second-order valence-corrected chi connectivity index (χ2v) is 8.96. The summed E-state index contributed by atoms with van der Waals surface area (Å²) in [7, 11) is -3.87. The van der Waals surface area contributed by atoms with Gasteiger partial charge in [-0.1, -0.05) is 0 Å². The lowest BCUT2D eigenvalue weighted by Gasteiger charge is -2.26. The summed E-state index contributed by atoms with van der Waals surface area (Å²) in [5.74, 6) is -0.736. The first-order chi connectivity index (χ1) is 11.1. The van der Waals surface area contributed by atoms with E-state index < -0.39 is 32.7 Å². The molecule has 132 valence electrons. The van der Waals surface area contributed by atoms with Crippen molar-refractivity contribution >= 4 is 43.6 Å². The van der Waals surface area contributed by atoms with E-state index >= 15 is 0 Å². The number of halogens is 1. The Kier molecular flexibility index (Phi) is 5.16. The fraction of sp³-hybridized carbons (Fsp3) is 0.462. The zero-order valence-corrected chi connectivity index (χ0v) is 15.3. The molecule has 1 aliphatic heterocycles. The number of hydrogen-bond donors (Lipinski definition) is 2. The maximum Gasteiger partial charge on any atom is 0.415 e. The standard InChI is InChI=1S/C13H16BrN3O6S/c1-13(11(18)16-20,24(2,21)22)5-9-7-17(12(19)23-9)10-4-3-8(14)6-15-10/h3-4,6,9,20H,5,7H2,1-2H3,(H,16,18)/t9-,13+/m0/s1. The minimum atomic E-state index is -3.87. The molecule has 0 spiro atoms. The molecule has 0 aliphatic carbocycles. The number of rotatable bonds is 5. The van der Waals surface area contributed by atoms with Gasteiger partial charge in [-0.2, -0.15) is 0 Å². The molecule has 11 heteroatoms. The van der Waals surface area contributed by atoms with Crippen LogP contribution in [-0.4, -0.2) is 54.3 Å². The highest BCUT2D eigenvalue weighted by atomic mass is 79.9. The molecule has 0 unspecified atom stereocenters. The van der Waals surface area contributed by atoms with E-state index in [-0.39, 0.29) is 13.0 Å². The molecule has 24 heavy (non-hydrogen) atoms. The van der Waals surface area contributed by atoms with E-state index in [0.717, 1.165) is 10.7 Å². The van der Waals surface area contributed by atoms with Crippen molar-refractivity contribution < 1.29 is 28.0 Å². The van der Waals surface area contributed by atoms with Gasteiger partial charge in [0.1, 0.15) is 11.9 Å². The van der Waals surface area contributed by atoms with E-state index in [1.165, 1.54) is 23.5 Å². The number of aromatic nitrogens is 1. The number of carbonyl (C=O) groups is 2. The Morgan fingerprint density at radius 2 is 2.25 bits per heavy atom. The fourth-order valence-electron chi connectivity index (χ4n) is 2.31. The zero-order valence-electron chi connectivity index (χ0n) is 12.9. The number of ether oxygens (including phenoxy) is 1. The van der Waals surface area contributed by atoms with E-state index in [1.54, 1.807) is 12.1 Å². The Balaban J connectivity index is 2.21. The monoisotopic (exact) mass is 421 g/mol. The molecule has 2 rings (SSSR count). The molecular formula is C13H16BrN3O6S. The largest absolute Gasteiger partial charge is 0.444 e. The predicted octanol–water partition coefficient (Wildman–Crippen LogP) is 0.868. The molecule has 1 saturated heterocycles. The van der Waals surface area contributed by atoms with Crippen molar-refractivity contribution in [3.05, 3.63) is 22.8 Å². The number of nitrogens with one attached hydrogen (secondary N) is 1. The first-order valence-corrected chi connectivity index (χ1v) is 9.51. The van der Waals surface area contributed by atoms with Crippen molar-refractivity contribution in [2.24, 2.45) is 0 Å². The second-order valence-electron chi connectivity index (χ2n) is 5.60. The average Bonchev–Trinajstić information content (AvgIpc) is 2.86. The molecule has 1 fully saturated rings. The smallest absolute Gasteiger partial charge is 0.415 e. The summed E-state index contributed by atoms with van der Waals surface area (Å²) in [6, 6.07) is 3.30. The number of hydroxylamine groups is 1. The molecule has 0 aromatic carbocycles. The number of pyridine rings is 1. The topological polar surface area (TPSA) is 126 Å². The minimum absolute atomic E-state index is 0.0390. The summed E-state index contributed by atoms with van der Waals surface area (Å²) in [5.41, 5.74) is 1.36. The molecule has 1 aromatic heterocycles. The van der Waals surface area contributed by atoms with Gasteiger partial charge in [-0.3, -0.25) is 14.9 Å². The molecule has 0 bridgehead atoms. The molecule has 2 N–H and O–H groups in total. The van der Waals surface area contributed by atoms with Crippen LogP contribution in [0.25, 0.3) is 0 Å². The molecule has 1 aliphatic rings. The van der Waals surface area contributed by atoms with Crippen molar-refractivity contribution in [3.63, 3.8) is 0 Å². The van der Waals surface area contributed by atoms with Gasteiger partial charge < -0.3 is 4.74 Å². The molecule has 9 nitrogen and oxygen atoms in total. The SMILES string of the molecule is C[C@@](C[C@H]1CN(c2ccc(Br)cn2)C(=O)O1)(C(=O)NO)S(C)(=O)=O. The van der Waals surface area contributed by atoms with E-state index in [9.17, 15) is 18.0 Å². The molecule has 0 radical (unpaired) electrons. The van der Waals surface area contributed by atoms with Crippen LogP contribution in [0.3, 0.4) is 0 Å². The van der Waals surface area contributed by atoms with Crippen LogP contribution in [0.1, 0.15) is 13.3 Å². The van der Waals surface area contributed by atoms with Crippen molar-refractivity contribution in [1.29, 1.82) is 0 Å². The highest BCUT2D eigenvalue weighted by Gasteiger charge is 2.48. The zero-order chi connectivity index (χ0) is 18.1.